The summed E-state index contributed by atoms with van der Waals surface area (Å²) in [7, 11) is 0. The highest BCUT2D eigenvalue weighted by atomic mass is 35.5. The van der Waals surface area contributed by atoms with E-state index in [4.69, 9.17) is 21.6 Å². The molecule has 25 heavy (non-hydrogen) atoms. The van der Waals surface area contributed by atoms with Gasteiger partial charge >= 0.3 is 0 Å². The van der Waals surface area contributed by atoms with Gasteiger partial charge in [-0.3, -0.25) is 4.79 Å². The molecule has 130 valence electrons. The predicted molar refractivity (Wildman–Crippen MR) is 103 cm³/mol. The number of benzene rings is 2. The molecular formula is C19H19ClN2O2S. The molecule has 0 aliphatic heterocycles. The topological polar surface area (TPSA) is 62.1 Å². The highest BCUT2D eigenvalue weighted by Crippen LogP contribution is 2.24. The van der Waals surface area contributed by atoms with Gasteiger partial charge < -0.3 is 10.1 Å². The zero-order valence-electron chi connectivity index (χ0n) is 14.1. The van der Waals surface area contributed by atoms with Crippen LogP contribution in [0.3, 0.4) is 0 Å². The molecule has 2 aromatic carbocycles. The summed E-state index contributed by atoms with van der Waals surface area (Å²) < 4.78 is 5.61. The fourth-order valence-corrected chi connectivity index (χ4v) is 2.98. The Balaban J connectivity index is 1.75. The molecular weight excluding hydrogens is 356 g/mol. The van der Waals surface area contributed by atoms with E-state index in [1.807, 2.05) is 26.0 Å². The second-order valence-corrected chi connectivity index (χ2v) is 7.26. The summed E-state index contributed by atoms with van der Waals surface area (Å²) in [5.74, 6) is 1.34. The number of nitrogens with one attached hydrogen (secondary N) is 1. The van der Waals surface area contributed by atoms with Crippen molar-refractivity contribution < 1.29 is 9.53 Å². The van der Waals surface area contributed by atoms with Crippen molar-refractivity contribution >= 4 is 35.0 Å². The minimum atomic E-state index is -0.206. The minimum absolute atomic E-state index is 0.0614. The number of rotatable bonds is 7. The average molecular weight is 375 g/mol. The lowest BCUT2D eigenvalue weighted by Gasteiger charge is -2.14. The number of ether oxygens (including phenoxy) is 1. The Morgan fingerprint density at radius 2 is 2.04 bits per heavy atom. The predicted octanol–water partition coefficient (Wildman–Crippen LogP) is 4.66. The molecule has 0 saturated carbocycles. The van der Waals surface area contributed by atoms with Crippen molar-refractivity contribution in [1.82, 2.24) is 0 Å². The number of hydrogen-bond donors (Lipinski definition) is 1. The van der Waals surface area contributed by atoms with Crippen molar-refractivity contribution in [3.05, 3.63) is 58.6 Å². The molecule has 2 rings (SSSR count). The molecule has 0 aromatic heterocycles. The zero-order chi connectivity index (χ0) is 18.2. The van der Waals surface area contributed by atoms with Gasteiger partial charge in [0.05, 0.1) is 23.5 Å². The highest BCUT2D eigenvalue weighted by molar-refractivity contribution is 8.00. The van der Waals surface area contributed by atoms with Crippen molar-refractivity contribution in [1.29, 1.82) is 5.26 Å². The average Bonchev–Trinajstić information content (AvgIpc) is 2.62. The zero-order valence-corrected chi connectivity index (χ0v) is 15.7. The number of halogens is 1. The minimum Gasteiger partial charge on any atom is -0.493 e. The van der Waals surface area contributed by atoms with Crippen LogP contribution in [0.1, 0.15) is 18.1 Å². The molecule has 0 aliphatic rings. The van der Waals surface area contributed by atoms with Crippen molar-refractivity contribution in [3.8, 4) is 11.8 Å². The van der Waals surface area contributed by atoms with Gasteiger partial charge in [0.15, 0.2) is 0 Å². The van der Waals surface area contributed by atoms with Gasteiger partial charge in [-0.25, -0.2) is 0 Å². The Morgan fingerprint density at radius 3 is 2.72 bits per heavy atom. The Morgan fingerprint density at radius 1 is 1.32 bits per heavy atom. The molecule has 1 N–H and O–H groups in total. The maximum Gasteiger partial charge on any atom is 0.237 e. The number of hydrogen-bond acceptors (Lipinski definition) is 4. The Bertz CT molecular complexity index is 772. The van der Waals surface area contributed by atoms with Gasteiger partial charge in [0.2, 0.25) is 5.91 Å². The SMILES string of the molecule is Cc1c(Cl)cccc1NC(=O)C(C)SCCOc1ccc(C#N)cc1. The second kappa shape index (κ2) is 9.36. The molecule has 0 saturated heterocycles. The maximum atomic E-state index is 12.3. The smallest absolute Gasteiger partial charge is 0.237 e. The molecule has 1 atom stereocenters. The quantitative estimate of drug-likeness (QED) is 0.716. The van der Waals surface area contributed by atoms with Crippen molar-refractivity contribution in [2.24, 2.45) is 0 Å². The first-order valence-electron chi connectivity index (χ1n) is 7.82. The van der Waals surface area contributed by atoms with Gasteiger partial charge in [-0.15, -0.1) is 11.8 Å². The van der Waals surface area contributed by atoms with Crippen LogP contribution >= 0.6 is 23.4 Å². The standard InChI is InChI=1S/C19H19ClN2O2S/c1-13-17(20)4-3-5-18(13)22-19(23)14(2)25-11-10-24-16-8-6-15(12-21)7-9-16/h3-9,14H,10-11H2,1-2H3,(H,22,23). The van der Waals surface area contributed by atoms with Crippen LogP contribution in [0.5, 0.6) is 5.75 Å². The van der Waals surface area contributed by atoms with E-state index in [1.54, 1.807) is 30.3 Å². The van der Waals surface area contributed by atoms with Crippen LogP contribution in [-0.4, -0.2) is 23.5 Å². The molecule has 1 unspecified atom stereocenters. The molecule has 0 bridgehead atoms. The lowest BCUT2D eigenvalue weighted by molar-refractivity contribution is -0.115. The Kier molecular flexibility index (Phi) is 7.17. The van der Waals surface area contributed by atoms with Gasteiger partial charge in [0.1, 0.15) is 5.75 Å². The summed E-state index contributed by atoms with van der Waals surface area (Å²) in [6.45, 7) is 4.23. The largest absolute Gasteiger partial charge is 0.493 e. The van der Waals surface area contributed by atoms with E-state index in [9.17, 15) is 4.79 Å². The number of nitrogens with zero attached hydrogens (tertiary/aromatic N) is 1. The van der Waals surface area contributed by atoms with Crippen molar-refractivity contribution in [2.75, 3.05) is 17.7 Å². The molecule has 0 fully saturated rings. The summed E-state index contributed by atoms with van der Waals surface area (Å²) in [6, 6.07) is 14.5. The fraction of sp³-hybridized carbons (Fsp3) is 0.263. The van der Waals surface area contributed by atoms with Crippen LogP contribution in [0.25, 0.3) is 0 Å². The van der Waals surface area contributed by atoms with Gasteiger partial charge in [0, 0.05) is 16.5 Å². The first-order chi connectivity index (χ1) is 12.0. The van der Waals surface area contributed by atoms with Crippen molar-refractivity contribution in [3.63, 3.8) is 0 Å². The maximum absolute atomic E-state index is 12.3. The lowest BCUT2D eigenvalue weighted by atomic mass is 10.2. The summed E-state index contributed by atoms with van der Waals surface area (Å²) >= 11 is 7.58. The number of carbonyl (C=O) groups is 1. The van der Waals surface area contributed by atoms with Gasteiger partial charge in [0.25, 0.3) is 0 Å². The first-order valence-corrected chi connectivity index (χ1v) is 9.24. The summed E-state index contributed by atoms with van der Waals surface area (Å²) in [4.78, 5) is 12.3. The third kappa shape index (κ3) is 5.70. The molecule has 4 nitrogen and oxygen atoms in total. The number of amides is 1. The number of carbonyl (C=O) groups excluding carboxylic acids is 1. The number of thioether (sulfide) groups is 1. The Hall–Kier alpha value is -2.16. The lowest BCUT2D eigenvalue weighted by Crippen LogP contribution is -2.23. The third-order valence-electron chi connectivity index (χ3n) is 3.60. The summed E-state index contributed by atoms with van der Waals surface area (Å²) in [5.41, 5.74) is 2.20. The van der Waals surface area contributed by atoms with Crippen molar-refractivity contribution in [2.45, 2.75) is 19.1 Å². The number of nitriles is 1. The van der Waals surface area contributed by atoms with Gasteiger partial charge in [-0.2, -0.15) is 5.26 Å². The van der Waals surface area contributed by atoms with E-state index in [1.165, 1.54) is 11.8 Å². The van der Waals surface area contributed by atoms with E-state index in [-0.39, 0.29) is 11.2 Å². The Labute approximate surface area is 157 Å². The molecule has 0 heterocycles. The van der Waals surface area contributed by atoms with E-state index in [0.717, 1.165) is 11.3 Å². The summed E-state index contributed by atoms with van der Waals surface area (Å²) in [5, 5.41) is 12.1. The van der Waals surface area contributed by atoms with Crippen LogP contribution in [0.4, 0.5) is 5.69 Å². The molecule has 6 heteroatoms. The van der Waals surface area contributed by atoms with E-state index in [2.05, 4.69) is 11.4 Å². The van der Waals surface area contributed by atoms with Gasteiger partial charge in [-0.1, -0.05) is 17.7 Å². The number of anilines is 1. The molecule has 0 spiro atoms. The monoisotopic (exact) mass is 374 g/mol. The van der Waals surface area contributed by atoms with Gasteiger partial charge in [-0.05, 0) is 55.8 Å². The fourth-order valence-electron chi connectivity index (χ4n) is 2.06. The van der Waals surface area contributed by atoms with Crippen LogP contribution in [0, 0.1) is 18.3 Å². The normalized spacial score (nSPS) is 11.4. The van der Waals surface area contributed by atoms with Crippen LogP contribution in [0.2, 0.25) is 5.02 Å². The highest BCUT2D eigenvalue weighted by Gasteiger charge is 2.15. The van der Waals surface area contributed by atoms with E-state index < -0.39 is 0 Å². The first kappa shape index (κ1) is 19.2. The summed E-state index contributed by atoms with van der Waals surface area (Å²) in [6.07, 6.45) is 0. The van der Waals surface area contributed by atoms with Crippen LogP contribution < -0.4 is 10.1 Å². The second-order valence-electron chi connectivity index (χ2n) is 5.40. The van der Waals surface area contributed by atoms with Crippen LogP contribution in [0.15, 0.2) is 42.5 Å². The molecule has 1 amide bonds. The van der Waals surface area contributed by atoms with E-state index in [0.29, 0.717) is 28.7 Å². The van der Waals surface area contributed by atoms with Crippen LogP contribution in [-0.2, 0) is 4.79 Å². The molecule has 0 radical (unpaired) electrons. The molecule has 2 aromatic rings. The van der Waals surface area contributed by atoms with E-state index >= 15 is 0 Å². The third-order valence-corrected chi connectivity index (χ3v) is 5.12. The molecule has 0 aliphatic carbocycles.